The Bertz CT molecular complexity index is 792. The monoisotopic (exact) mass is 315 g/mol. The lowest BCUT2D eigenvalue weighted by Gasteiger charge is -2.02. The van der Waals surface area contributed by atoms with Gasteiger partial charge >= 0.3 is 0 Å². The Labute approximate surface area is 133 Å². The highest BCUT2D eigenvalue weighted by molar-refractivity contribution is 7.99. The molecule has 0 aliphatic heterocycles. The number of thioether (sulfide) groups is 1. The number of H-pyrrole nitrogens is 1. The molecule has 0 amide bonds. The molecule has 114 valence electrons. The number of para-hydroxylation sites is 1. The van der Waals surface area contributed by atoms with E-state index in [9.17, 15) is 0 Å². The van der Waals surface area contributed by atoms with Gasteiger partial charge in [0.15, 0.2) is 6.04 Å². The van der Waals surface area contributed by atoms with E-state index in [-0.39, 0.29) is 6.04 Å². The maximum atomic E-state index is 5.68. The summed E-state index contributed by atoms with van der Waals surface area (Å²) in [6.45, 7) is 5.84. The minimum absolute atomic E-state index is 0.0640. The first-order valence-electron chi connectivity index (χ1n) is 7.12. The van der Waals surface area contributed by atoms with E-state index >= 15 is 0 Å². The van der Waals surface area contributed by atoms with Gasteiger partial charge in [0, 0.05) is 29.3 Å². The first-order chi connectivity index (χ1) is 10.6. The molecule has 22 heavy (non-hydrogen) atoms. The Hall–Kier alpha value is -2.05. The molecule has 0 spiro atoms. The van der Waals surface area contributed by atoms with E-state index < -0.39 is 0 Å². The Morgan fingerprint density at radius 3 is 3.05 bits per heavy atom. The summed E-state index contributed by atoms with van der Waals surface area (Å²) in [6.07, 6.45) is 2.78. The van der Waals surface area contributed by atoms with Crippen LogP contribution in [0.3, 0.4) is 0 Å². The van der Waals surface area contributed by atoms with Gasteiger partial charge in [0.05, 0.1) is 0 Å². The molecular weight excluding hydrogens is 296 g/mol. The number of nitrogens with one attached hydrogen (secondary N) is 1. The van der Waals surface area contributed by atoms with Crippen LogP contribution in [0.2, 0.25) is 0 Å². The molecule has 0 fully saturated rings. The summed E-state index contributed by atoms with van der Waals surface area (Å²) in [5.41, 5.74) is 7.59. The Kier molecular flexibility index (Phi) is 4.31. The van der Waals surface area contributed by atoms with Crippen molar-refractivity contribution in [3.05, 3.63) is 54.1 Å². The third kappa shape index (κ3) is 3.23. The average molecular weight is 315 g/mol. The normalized spacial score (nSPS) is 12.6. The van der Waals surface area contributed by atoms with Gasteiger partial charge in [-0.1, -0.05) is 42.1 Å². The lowest BCUT2D eigenvalue weighted by molar-refractivity contribution is -0.431. The van der Waals surface area contributed by atoms with Gasteiger partial charge in [-0.15, -0.1) is 10.2 Å². The number of nitrogens with zero attached hydrogens (tertiary/aromatic N) is 2. The van der Waals surface area contributed by atoms with Crippen molar-refractivity contribution in [1.29, 1.82) is 0 Å². The Balaban J connectivity index is 1.71. The molecule has 0 aliphatic rings. The number of aromatic nitrogens is 3. The largest absolute Gasteiger partial charge is 0.410 e. The molecule has 0 unspecified atom stereocenters. The lowest BCUT2D eigenvalue weighted by Crippen LogP contribution is -2.54. The van der Waals surface area contributed by atoms with Gasteiger partial charge in [-0.05, 0) is 18.6 Å². The van der Waals surface area contributed by atoms with Gasteiger partial charge in [0.1, 0.15) is 0 Å². The Morgan fingerprint density at radius 2 is 2.23 bits per heavy atom. The zero-order valence-corrected chi connectivity index (χ0v) is 13.3. The van der Waals surface area contributed by atoms with Crippen LogP contribution in [0, 0.1) is 0 Å². The van der Waals surface area contributed by atoms with E-state index in [4.69, 9.17) is 4.42 Å². The molecule has 3 rings (SSSR count). The summed E-state index contributed by atoms with van der Waals surface area (Å²) in [5.74, 6) is 1.36. The molecule has 5 nitrogen and oxygen atoms in total. The summed E-state index contributed by atoms with van der Waals surface area (Å²) in [5, 5.41) is 9.96. The van der Waals surface area contributed by atoms with Crippen LogP contribution in [0.5, 0.6) is 0 Å². The molecular formula is C16H19N4OS+. The smallest absolute Gasteiger partial charge is 0.277 e. The average Bonchev–Trinajstić information content (AvgIpc) is 3.13. The van der Waals surface area contributed by atoms with Crippen molar-refractivity contribution in [3.8, 4) is 0 Å². The van der Waals surface area contributed by atoms with Crippen molar-refractivity contribution in [1.82, 2.24) is 15.2 Å². The lowest BCUT2D eigenvalue weighted by atomic mass is 10.1. The van der Waals surface area contributed by atoms with Crippen LogP contribution in [0.15, 0.2) is 52.3 Å². The molecule has 1 aromatic carbocycles. The molecule has 0 saturated heterocycles. The second-order valence-corrected chi connectivity index (χ2v) is 6.34. The molecule has 1 atom stereocenters. The van der Waals surface area contributed by atoms with Crippen molar-refractivity contribution in [2.24, 2.45) is 0 Å². The van der Waals surface area contributed by atoms with Crippen molar-refractivity contribution >= 4 is 22.7 Å². The Morgan fingerprint density at radius 1 is 1.41 bits per heavy atom. The van der Waals surface area contributed by atoms with Gasteiger partial charge < -0.3 is 15.1 Å². The number of rotatable bonds is 6. The first kappa shape index (κ1) is 14.9. The highest BCUT2D eigenvalue weighted by Crippen LogP contribution is 2.24. The fraction of sp³-hybridized carbons (Fsp3) is 0.250. The maximum Gasteiger partial charge on any atom is 0.277 e. The minimum Gasteiger partial charge on any atom is -0.410 e. The molecule has 2 heterocycles. The SMILES string of the molecule is C=C(C)CSc1nnc([C@@H]([NH3+])Cc2c[nH]c3ccccc23)o1. The standard InChI is InChI=1S/C16H18N4OS/c1-10(2)9-22-16-20-19-15(21-16)13(17)7-11-8-18-14-6-4-3-5-12(11)14/h3-6,8,13,18H,1,7,9,17H2,2H3/p+1/t13-/m0/s1. The number of hydrogen-bond acceptors (Lipinski definition) is 4. The zero-order valence-electron chi connectivity index (χ0n) is 12.5. The third-order valence-electron chi connectivity index (χ3n) is 3.35. The van der Waals surface area contributed by atoms with Gasteiger partial charge in [0.25, 0.3) is 11.1 Å². The number of benzene rings is 1. The van der Waals surface area contributed by atoms with Crippen LogP contribution in [0.4, 0.5) is 0 Å². The van der Waals surface area contributed by atoms with Crippen LogP contribution >= 0.6 is 11.8 Å². The van der Waals surface area contributed by atoms with Gasteiger partial charge in [-0.25, -0.2) is 0 Å². The molecule has 0 radical (unpaired) electrons. The predicted molar refractivity (Wildman–Crippen MR) is 87.5 cm³/mol. The second kappa shape index (κ2) is 6.37. The van der Waals surface area contributed by atoms with E-state index in [0.29, 0.717) is 11.1 Å². The summed E-state index contributed by atoms with van der Waals surface area (Å²) in [6, 6.07) is 8.17. The van der Waals surface area contributed by atoms with Gasteiger partial charge in [0.2, 0.25) is 0 Å². The zero-order chi connectivity index (χ0) is 15.5. The second-order valence-electron chi connectivity index (χ2n) is 5.41. The molecule has 2 aromatic heterocycles. The molecule has 3 aromatic rings. The fourth-order valence-corrected chi connectivity index (χ4v) is 2.89. The number of aromatic amines is 1. The van der Waals surface area contributed by atoms with E-state index in [2.05, 4.69) is 39.6 Å². The van der Waals surface area contributed by atoms with Crippen LogP contribution in [0.1, 0.15) is 24.4 Å². The van der Waals surface area contributed by atoms with Crippen molar-refractivity contribution < 1.29 is 10.2 Å². The van der Waals surface area contributed by atoms with Gasteiger partial charge in [-0.3, -0.25) is 0 Å². The highest BCUT2D eigenvalue weighted by Gasteiger charge is 2.20. The van der Waals surface area contributed by atoms with Gasteiger partial charge in [-0.2, -0.15) is 0 Å². The van der Waals surface area contributed by atoms with E-state index in [0.717, 1.165) is 23.3 Å². The third-order valence-corrected chi connectivity index (χ3v) is 4.40. The quantitative estimate of drug-likeness (QED) is 0.541. The van der Waals surface area contributed by atoms with Crippen LogP contribution in [-0.2, 0) is 6.42 Å². The van der Waals surface area contributed by atoms with E-state index in [1.165, 1.54) is 22.7 Å². The topological polar surface area (TPSA) is 82.4 Å². The first-order valence-corrected chi connectivity index (χ1v) is 8.10. The summed E-state index contributed by atoms with van der Waals surface area (Å²) in [4.78, 5) is 3.27. The van der Waals surface area contributed by atoms with Crippen molar-refractivity contribution in [2.75, 3.05) is 5.75 Å². The maximum absolute atomic E-state index is 5.68. The van der Waals surface area contributed by atoms with Crippen molar-refractivity contribution in [2.45, 2.75) is 24.6 Å². The number of hydrogen-bond donors (Lipinski definition) is 2. The van der Waals surface area contributed by atoms with Crippen LogP contribution < -0.4 is 5.73 Å². The molecule has 6 heteroatoms. The predicted octanol–water partition coefficient (Wildman–Crippen LogP) is 2.74. The number of fused-ring (bicyclic) bond motifs is 1. The molecule has 0 bridgehead atoms. The van der Waals surface area contributed by atoms with Crippen LogP contribution in [0.25, 0.3) is 10.9 Å². The van der Waals surface area contributed by atoms with E-state index in [1.807, 2.05) is 25.3 Å². The minimum atomic E-state index is -0.0640. The summed E-state index contributed by atoms with van der Waals surface area (Å²) >= 11 is 1.50. The van der Waals surface area contributed by atoms with E-state index in [1.54, 1.807) is 0 Å². The summed E-state index contributed by atoms with van der Waals surface area (Å²) in [7, 11) is 0. The summed E-state index contributed by atoms with van der Waals surface area (Å²) < 4.78 is 5.68. The fourth-order valence-electron chi connectivity index (χ4n) is 2.28. The molecule has 0 saturated carbocycles. The molecule has 0 aliphatic carbocycles. The highest BCUT2D eigenvalue weighted by atomic mass is 32.2. The number of quaternary nitrogens is 1. The van der Waals surface area contributed by atoms with Crippen LogP contribution in [-0.4, -0.2) is 20.9 Å². The molecule has 4 N–H and O–H groups in total. The van der Waals surface area contributed by atoms with Crippen molar-refractivity contribution in [3.63, 3.8) is 0 Å².